The number of benzene rings is 2. The summed E-state index contributed by atoms with van der Waals surface area (Å²) < 4.78 is 11.3. The Balaban J connectivity index is 1.70. The van der Waals surface area contributed by atoms with Gasteiger partial charge in [0.1, 0.15) is 5.75 Å². The van der Waals surface area contributed by atoms with Gasteiger partial charge in [-0.1, -0.05) is 29.3 Å². The van der Waals surface area contributed by atoms with Crippen LogP contribution in [0.5, 0.6) is 5.75 Å². The minimum Gasteiger partial charge on any atom is -0.484 e. The second-order valence-electron chi connectivity index (χ2n) is 5.07. The Bertz CT molecular complexity index is 799. The fourth-order valence-corrected chi connectivity index (χ4v) is 2.18. The van der Waals surface area contributed by atoms with Gasteiger partial charge in [-0.3, -0.25) is 0 Å². The molecule has 3 aromatic rings. The third-order valence-electron chi connectivity index (χ3n) is 3.22. The van der Waals surface area contributed by atoms with Crippen molar-refractivity contribution in [1.29, 1.82) is 0 Å². The molecule has 2 aromatic carbocycles. The summed E-state index contributed by atoms with van der Waals surface area (Å²) in [5, 5.41) is 8.78. The first-order valence-electron chi connectivity index (χ1n) is 6.90. The molecule has 0 unspecified atom stereocenters. The van der Waals surface area contributed by atoms with Gasteiger partial charge in [0.25, 0.3) is 5.89 Å². The van der Waals surface area contributed by atoms with Gasteiger partial charge >= 0.3 is 0 Å². The summed E-state index contributed by atoms with van der Waals surface area (Å²) in [6, 6.07) is 13.4. The van der Waals surface area contributed by atoms with Gasteiger partial charge in [0.2, 0.25) is 5.89 Å². The van der Waals surface area contributed by atoms with E-state index < -0.39 is 0 Å². The molecular formula is C17H15ClN2O2. The van der Waals surface area contributed by atoms with Crippen molar-refractivity contribution in [2.24, 2.45) is 0 Å². The van der Waals surface area contributed by atoms with Crippen LogP contribution in [0.3, 0.4) is 0 Å². The quantitative estimate of drug-likeness (QED) is 0.707. The molecule has 0 saturated heterocycles. The average molecular weight is 315 g/mol. The number of halogens is 1. The highest BCUT2D eigenvalue weighted by atomic mass is 35.5. The molecule has 0 amide bonds. The van der Waals surface area contributed by atoms with Crippen molar-refractivity contribution in [2.45, 2.75) is 20.5 Å². The summed E-state index contributed by atoms with van der Waals surface area (Å²) in [6.07, 6.45) is 0. The number of nitrogens with zero attached hydrogens (tertiary/aromatic N) is 2. The van der Waals surface area contributed by atoms with Crippen LogP contribution in [0.25, 0.3) is 11.5 Å². The van der Waals surface area contributed by atoms with Crippen molar-refractivity contribution in [1.82, 2.24) is 10.2 Å². The fourth-order valence-electron chi connectivity index (χ4n) is 2.06. The molecule has 0 N–H and O–H groups in total. The minimum atomic E-state index is 0.222. The SMILES string of the molecule is Cc1cccc(-c2nnc(COc3ccc(Cl)c(C)c3)o2)c1. The van der Waals surface area contributed by atoms with Gasteiger partial charge in [0.05, 0.1) is 0 Å². The smallest absolute Gasteiger partial charge is 0.254 e. The van der Waals surface area contributed by atoms with E-state index in [0.29, 0.717) is 16.8 Å². The van der Waals surface area contributed by atoms with Crippen LogP contribution in [0.1, 0.15) is 17.0 Å². The lowest BCUT2D eigenvalue weighted by Crippen LogP contribution is -1.96. The Morgan fingerprint density at radius 3 is 2.73 bits per heavy atom. The number of ether oxygens (including phenoxy) is 1. The van der Waals surface area contributed by atoms with Gasteiger partial charge in [-0.05, 0) is 49.7 Å². The summed E-state index contributed by atoms with van der Waals surface area (Å²) in [7, 11) is 0. The maximum atomic E-state index is 5.99. The highest BCUT2D eigenvalue weighted by molar-refractivity contribution is 6.31. The Morgan fingerprint density at radius 2 is 1.95 bits per heavy atom. The van der Waals surface area contributed by atoms with Gasteiger partial charge in [0.15, 0.2) is 6.61 Å². The molecule has 0 aliphatic rings. The van der Waals surface area contributed by atoms with E-state index in [-0.39, 0.29) is 6.61 Å². The third kappa shape index (κ3) is 3.28. The minimum absolute atomic E-state index is 0.222. The summed E-state index contributed by atoms with van der Waals surface area (Å²) in [6.45, 7) is 4.17. The molecule has 1 aromatic heterocycles. The molecule has 0 radical (unpaired) electrons. The van der Waals surface area contributed by atoms with Crippen molar-refractivity contribution in [3.8, 4) is 17.2 Å². The molecule has 0 bridgehead atoms. The van der Waals surface area contributed by atoms with Crippen LogP contribution in [0.2, 0.25) is 5.02 Å². The number of rotatable bonds is 4. The first-order valence-corrected chi connectivity index (χ1v) is 7.28. The van der Waals surface area contributed by atoms with Crippen LogP contribution in [-0.4, -0.2) is 10.2 Å². The van der Waals surface area contributed by atoms with E-state index in [1.54, 1.807) is 6.07 Å². The van der Waals surface area contributed by atoms with Gasteiger partial charge in [-0.25, -0.2) is 0 Å². The van der Waals surface area contributed by atoms with E-state index in [2.05, 4.69) is 10.2 Å². The molecule has 0 atom stereocenters. The lowest BCUT2D eigenvalue weighted by Gasteiger charge is -2.05. The van der Waals surface area contributed by atoms with Crippen LogP contribution < -0.4 is 4.74 Å². The van der Waals surface area contributed by atoms with E-state index >= 15 is 0 Å². The molecule has 0 aliphatic carbocycles. The summed E-state index contributed by atoms with van der Waals surface area (Å²) >= 11 is 5.99. The van der Waals surface area contributed by atoms with Crippen molar-refractivity contribution >= 4 is 11.6 Å². The molecule has 5 heteroatoms. The normalized spacial score (nSPS) is 10.7. The number of hydrogen-bond acceptors (Lipinski definition) is 4. The third-order valence-corrected chi connectivity index (χ3v) is 3.65. The molecule has 0 fully saturated rings. The van der Waals surface area contributed by atoms with Crippen LogP contribution in [-0.2, 0) is 6.61 Å². The maximum absolute atomic E-state index is 5.99. The van der Waals surface area contributed by atoms with Crippen LogP contribution in [0.15, 0.2) is 46.9 Å². The maximum Gasteiger partial charge on any atom is 0.254 e. The average Bonchev–Trinajstić information content (AvgIpc) is 2.97. The first kappa shape index (κ1) is 14.6. The number of aromatic nitrogens is 2. The zero-order valence-corrected chi connectivity index (χ0v) is 13.1. The summed E-state index contributed by atoms with van der Waals surface area (Å²) in [5.74, 6) is 1.65. The largest absolute Gasteiger partial charge is 0.484 e. The number of aryl methyl sites for hydroxylation is 2. The molecular weight excluding hydrogens is 300 g/mol. The second kappa shape index (κ2) is 6.20. The molecule has 112 valence electrons. The molecule has 0 spiro atoms. The van der Waals surface area contributed by atoms with Crippen molar-refractivity contribution < 1.29 is 9.15 Å². The Kier molecular flexibility index (Phi) is 4.11. The monoisotopic (exact) mass is 314 g/mol. The van der Waals surface area contributed by atoms with Gasteiger partial charge in [-0.2, -0.15) is 0 Å². The van der Waals surface area contributed by atoms with Gasteiger partial charge < -0.3 is 9.15 Å². The predicted molar refractivity (Wildman–Crippen MR) is 85.0 cm³/mol. The van der Waals surface area contributed by atoms with E-state index in [1.807, 2.05) is 50.2 Å². The molecule has 22 heavy (non-hydrogen) atoms. The first-order chi connectivity index (χ1) is 10.6. The van der Waals surface area contributed by atoms with E-state index in [1.165, 1.54) is 0 Å². The van der Waals surface area contributed by atoms with E-state index in [9.17, 15) is 0 Å². The van der Waals surface area contributed by atoms with Crippen molar-refractivity contribution in [3.05, 3.63) is 64.5 Å². The Labute approximate surface area is 133 Å². The molecule has 0 saturated carbocycles. The Morgan fingerprint density at radius 1 is 1.09 bits per heavy atom. The lowest BCUT2D eigenvalue weighted by molar-refractivity contribution is 0.264. The predicted octanol–water partition coefficient (Wildman–Crippen LogP) is 4.59. The van der Waals surface area contributed by atoms with Crippen LogP contribution >= 0.6 is 11.6 Å². The number of hydrogen-bond donors (Lipinski definition) is 0. The molecule has 0 aliphatic heterocycles. The van der Waals surface area contributed by atoms with Gasteiger partial charge in [0, 0.05) is 10.6 Å². The highest BCUT2D eigenvalue weighted by Gasteiger charge is 2.09. The van der Waals surface area contributed by atoms with E-state index in [4.69, 9.17) is 20.8 Å². The summed E-state index contributed by atoms with van der Waals surface area (Å²) in [5.41, 5.74) is 3.01. The zero-order valence-electron chi connectivity index (χ0n) is 12.3. The van der Waals surface area contributed by atoms with Crippen molar-refractivity contribution in [3.63, 3.8) is 0 Å². The topological polar surface area (TPSA) is 48.2 Å². The zero-order chi connectivity index (χ0) is 15.5. The molecule has 1 heterocycles. The fraction of sp³-hybridized carbons (Fsp3) is 0.176. The lowest BCUT2D eigenvalue weighted by atomic mass is 10.1. The standard InChI is InChI=1S/C17H15ClN2O2/c1-11-4-3-5-13(8-11)17-20-19-16(22-17)10-21-14-6-7-15(18)12(2)9-14/h3-9H,10H2,1-2H3. The highest BCUT2D eigenvalue weighted by Crippen LogP contribution is 2.23. The second-order valence-corrected chi connectivity index (χ2v) is 5.48. The van der Waals surface area contributed by atoms with Crippen molar-refractivity contribution in [2.75, 3.05) is 0 Å². The molecule has 3 rings (SSSR count). The summed E-state index contributed by atoms with van der Waals surface area (Å²) in [4.78, 5) is 0. The molecule has 4 nitrogen and oxygen atoms in total. The van der Waals surface area contributed by atoms with E-state index in [0.717, 1.165) is 22.4 Å². The van der Waals surface area contributed by atoms with Gasteiger partial charge in [-0.15, -0.1) is 10.2 Å². The Hall–Kier alpha value is -2.33. The van der Waals surface area contributed by atoms with Crippen LogP contribution in [0, 0.1) is 13.8 Å². The van der Waals surface area contributed by atoms with Crippen LogP contribution in [0.4, 0.5) is 0 Å².